The second-order valence-corrected chi connectivity index (χ2v) is 5.92. The summed E-state index contributed by atoms with van der Waals surface area (Å²) >= 11 is 6.30. The zero-order valence-corrected chi connectivity index (χ0v) is 13.8. The fourth-order valence-corrected chi connectivity index (χ4v) is 2.84. The standard InChI is InChI=1S/C19H18ClN3/c1-14-17(12-16-4-2-3-5-18(16)20)19(23-13-22-14)7-6-15-8-10-21-11-9-15/h2-5,8-11,13H,6-7,12H2,1H3. The van der Waals surface area contributed by atoms with Crippen molar-refractivity contribution in [2.75, 3.05) is 0 Å². The lowest BCUT2D eigenvalue weighted by atomic mass is 9.98. The molecule has 0 unspecified atom stereocenters. The van der Waals surface area contributed by atoms with E-state index in [1.165, 1.54) is 11.1 Å². The third-order valence-electron chi connectivity index (χ3n) is 3.97. The van der Waals surface area contributed by atoms with Crippen LogP contribution in [0.5, 0.6) is 0 Å². The minimum atomic E-state index is 0.762. The summed E-state index contributed by atoms with van der Waals surface area (Å²) in [6.07, 6.45) is 7.88. The summed E-state index contributed by atoms with van der Waals surface area (Å²) in [7, 11) is 0. The Hall–Kier alpha value is -2.26. The van der Waals surface area contributed by atoms with Gasteiger partial charge in [0.05, 0.1) is 0 Å². The molecule has 0 spiro atoms. The molecular weight excluding hydrogens is 306 g/mol. The monoisotopic (exact) mass is 323 g/mol. The Labute approximate surface area is 141 Å². The van der Waals surface area contributed by atoms with Crippen molar-refractivity contribution in [3.05, 3.63) is 88.2 Å². The third kappa shape index (κ3) is 3.93. The summed E-state index contributed by atoms with van der Waals surface area (Å²) in [6, 6.07) is 12.0. The summed E-state index contributed by atoms with van der Waals surface area (Å²) in [5.74, 6) is 0. The molecule has 23 heavy (non-hydrogen) atoms. The molecule has 1 aromatic carbocycles. The summed E-state index contributed by atoms with van der Waals surface area (Å²) < 4.78 is 0. The molecule has 0 atom stereocenters. The molecule has 3 aromatic rings. The van der Waals surface area contributed by atoms with E-state index in [9.17, 15) is 0 Å². The average Bonchev–Trinajstić information content (AvgIpc) is 2.58. The number of hydrogen-bond acceptors (Lipinski definition) is 3. The molecule has 3 rings (SSSR count). The molecule has 0 fully saturated rings. The first-order chi connectivity index (χ1) is 11.2. The molecule has 0 radical (unpaired) electrons. The van der Waals surface area contributed by atoms with E-state index in [-0.39, 0.29) is 0 Å². The molecule has 0 aliphatic heterocycles. The quantitative estimate of drug-likeness (QED) is 0.706. The van der Waals surface area contributed by atoms with Crippen LogP contribution in [-0.4, -0.2) is 15.0 Å². The zero-order chi connectivity index (χ0) is 16.1. The van der Waals surface area contributed by atoms with Gasteiger partial charge in [0.2, 0.25) is 0 Å². The number of aromatic nitrogens is 3. The SMILES string of the molecule is Cc1ncnc(CCc2ccncc2)c1Cc1ccccc1Cl. The molecule has 2 heterocycles. The number of hydrogen-bond donors (Lipinski definition) is 0. The zero-order valence-electron chi connectivity index (χ0n) is 13.0. The van der Waals surface area contributed by atoms with Gasteiger partial charge in [0, 0.05) is 35.2 Å². The smallest absolute Gasteiger partial charge is 0.115 e. The van der Waals surface area contributed by atoms with E-state index in [1.807, 2.05) is 49.6 Å². The highest BCUT2D eigenvalue weighted by Gasteiger charge is 2.11. The Morgan fingerprint density at radius 1 is 0.957 bits per heavy atom. The first kappa shape index (κ1) is 15.6. The predicted octanol–water partition coefficient (Wildman–Crippen LogP) is 4.21. The molecule has 0 aliphatic rings. The van der Waals surface area contributed by atoms with E-state index in [0.717, 1.165) is 41.2 Å². The van der Waals surface area contributed by atoms with Gasteiger partial charge in [-0.3, -0.25) is 4.98 Å². The van der Waals surface area contributed by atoms with Gasteiger partial charge in [-0.1, -0.05) is 29.8 Å². The van der Waals surface area contributed by atoms with Crippen molar-refractivity contribution < 1.29 is 0 Å². The van der Waals surface area contributed by atoms with Crippen LogP contribution < -0.4 is 0 Å². The third-order valence-corrected chi connectivity index (χ3v) is 4.34. The van der Waals surface area contributed by atoms with Crippen LogP contribution in [-0.2, 0) is 19.3 Å². The van der Waals surface area contributed by atoms with Crippen LogP contribution in [0.15, 0.2) is 55.1 Å². The Kier molecular flexibility index (Phi) is 4.99. The van der Waals surface area contributed by atoms with Gasteiger partial charge in [-0.15, -0.1) is 0 Å². The largest absolute Gasteiger partial charge is 0.265 e. The maximum absolute atomic E-state index is 6.30. The number of nitrogens with zero attached hydrogens (tertiary/aromatic N) is 3. The Bertz CT molecular complexity index is 788. The van der Waals surface area contributed by atoms with E-state index in [1.54, 1.807) is 6.33 Å². The van der Waals surface area contributed by atoms with E-state index in [2.05, 4.69) is 21.0 Å². The normalized spacial score (nSPS) is 10.7. The van der Waals surface area contributed by atoms with Crippen LogP contribution in [0.2, 0.25) is 5.02 Å². The van der Waals surface area contributed by atoms with Gasteiger partial charge >= 0.3 is 0 Å². The summed E-state index contributed by atoms with van der Waals surface area (Å²) in [5, 5.41) is 0.788. The van der Waals surface area contributed by atoms with Gasteiger partial charge in [0.25, 0.3) is 0 Å². The Morgan fingerprint density at radius 3 is 2.52 bits per heavy atom. The average molecular weight is 324 g/mol. The van der Waals surface area contributed by atoms with Gasteiger partial charge in [-0.2, -0.15) is 0 Å². The van der Waals surface area contributed by atoms with Crippen molar-refractivity contribution in [1.29, 1.82) is 0 Å². The summed E-state index contributed by atoms with van der Waals surface area (Å²) in [6.45, 7) is 2.03. The lowest BCUT2D eigenvalue weighted by Crippen LogP contribution is -2.06. The second-order valence-electron chi connectivity index (χ2n) is 5.51. The second kappa shape index (κ2) is 7.34. The van der Waals surface area contributed by atoms with Crippen LogP contribution in [0.25, 0.3) is 0 Å². The van der Waals surface area contributed by atoms with E-state index in [4.69, 9.17) is 11.6 Å². The van der Waals surface area contributed by atoms with Crippen molar-refractivity contribution in [3.63, 3.8) is 0 Å². The first-order valence-electron chi connectivity index (χ1n) is 7.65. The van der Waals surface area contributed by atoms with Crippen molar-refractivity contribution in [3.8, 4) is 0 Å². The highest BCUT2D eigenvalue weighted by atomic mass is 35.5. The van der Waals surface area contributed by atoms with Gasteiger partial charge in [-0.05, 0) is 54.7 Å². The van der Waals surface area contributed by atoms with E-state index in [0.29, 0.717) is 0 Å². The molecule has 0 amide bonds. The fourth-order valence-electron chi connectivity index (χ4n) is 2.64. The molecule has 0 N–H and O–H groups in total. The number of halogens is 1. The van der Waals surface area contributed by atoms with Crippen LogP contribution in [0, 0.1) is 6.92 Å². The first-order valence-corrected chi connectivity index (χ1v) is 8.03. The van der Waals surface area contributed by atoms with Crippen LogP contribution in [0.1, 0.15) is 28.1 Å². The number of aryl methyl sites for hydroxylation is 3. The lowest BCUT2D eigenvalue weighted by molar-refractivity contribution is 0.856. The fraction of sp³-hybridized carbons (Fsp3) is 0.211. The van der Waals surface area contributed by atoms with Crippen molar-refractivity contribution in [2.45, 2.75) is 26.2 Å². The Morgan fingerprint density at radius 2 is 1.74 bits per heavy atom. The highest BCUT2D eigenvalue weighted by Crippen LogP contribution is 2.22. The maximum atomic E-state index is 6.30. The highest BCUT2D eigenvalue weighted by molar-refractivity contribution is 6.31. The predicted molar refractivity (Wildman–Crippen MR) is 92.7 cm³/mol. The van der Waals surface area contributed by atoms with Crippen molar-refractivity contribution in [1.82, 2.24) is 15.0 Å². The molecule has 2 aromatic heterocycles. The van der Waals surface area contributed by atoms with Gasteiger partial charge < -0.3 is 0 Å². The summed E-state index contributed by atoms with van der Waals surface area (Å²) in [5.41, 5.74) is 5.66. The van der Waals surface area contributed by atoms with Crippen LogP contribution in [0.3, 0.4) is 0 Å². The van der Waals surface area contributed by atoms with Gasteiger partial charge in [-0.25, -0.2) is 9.97 Å². The molecule has 0 bridgehead atoms. The molecule has 4 heteroatoms. The maximum Gasteiger partial charge on any atom is 0.115 e. The minimum absolute atomic E-state index is 0.762. The van der Waals surface area contributed by atoms with Crippen LogP contribution >= 0.6 is 11.6 Å². The molecule has 0 saturated heterocycles. The number of rotatable bonds is 5. The lowest BCUT2D eigenvalue weighted by Gasteiger charge is -2.12. The van der Waals surface area contributed by atoms with Gasteiger partial charge in [0.15, 0.2) is 0 Å². The topological polar surface area (TPSA) is 38.7 Å². The van der Waals surface area contributed by atoms with E-state index < -0.39 is 0 Å². The van der Waals surface area contributed by atoms with E-state index >= 15 is 0 Å². The van der Waals surface area contributed by atoms with Gasteiger partial charge in [0.1, 0.15) is 6.33 Å². The minimum Gasteiger partial charge on any atom is -0.265 e. The summed E-state index contributed by atoms with van der Waals surface area (Å²) in [4.78, 5) is 12.9. The number of benzene rings is 1. The molecule has 0 aliphatic carbocycles. The number of pyridine rings is 1. The van der Waals surface area contributed by atoms with Crippen LogP contribution in [0.4, 0.5) is 0 Å². The molecule has 3 nitrogen and oxygen atoms in total. The Balaban J connectivity index is 1.84. The van der Waals surface area contributed by atoms with Crippen molar-refractivity contribution in [2.24, 2.45) is 0 Å². The molecule has 116 valence electrons. The van der Waals surface area contributed by atoms with Crippen molar-refractivity contribution >= 4 is 11.6 Å². The molecular formula is C19H18ClN3. The molecule has 0 saturated carbocycles.